The zero-order chi connectivity index (χ0) is 13.1. The Labute approximate surface area is 96.7 Å². The quantitative estimate of drug-likeness (QED) is 0.560. The minimum absolute atomic E-state index is 0.000324. The molecule has 0 bridgehead atoms. The normalized spacial score (nSPS) is 16.6. The van der Waals surface area contributed by atoms with Gasteiger partial charge in [-0.2, -0.15) is 0 Å². The van der Waals surface area contributed by atoms with E-state index in [0.29, 0.717) is 6.54 Å². The molecule has 5 heteroatoms. The van der Waals surface area contributed by atoms with Crippen molar-refractivity contribution in [2.24, 2.45) is 5.92 Å². The number of hydrogen-bond acceptors (Lipinski definition) is 5. The van der Waals surface area contributed by atoms with Gasteiger partial charge in [0.15, 0.2) is 11.4 Å². The van der Waals surface area contributed by atoms with Crippen molar-refractivity contribution in [3.8, 4) is 0 Å². The van der Waals surface area contributed by atoms with Crippen LogP contribution in [0.1, 0.15) is 34.1 Å². The molecule has 0 aliphatic rings. The van der Waals surface area contributed by atoms with Crippen molar-refractivity contribution in [3.63, 3.8) is 0 Å². The van der Waals surface area contributed by atoms with Crippen LogP contribution in [-0.2, 0) is 4.79 Å². The largest absolute Gasteiger partial charge is 0.376 e. The van der Waals surface area contributed by atoms with Crippen molar-refractivity contribution in [1.29, 1.82) is 0 Å². The Hall–Kier alpha value is -0.490. The average Bonchev–Trinajstić information content (AvgIpc) is 2.14. The predicted molar refractivity (Wildman–Crippen MR) is 60.6 cm³/mol. The van der Waals surface area contributed by atoms with E-state index in [-0.39, 0.29) is 12.3 Å². The molecule has 0 saturated carbocycles. The fourth-order valence-electron chi connectivity index (χ4n) is 1.64. The molecule has 16 heavy (non-hydrogen) atoms. The first-order chi connectivity index (χ1) is 7.09. The number of carbonyl (C=O) groups excluding carboxylic acids is 1. The van der Waals surface area contributed by atoms with Crippen LogP contribution in [0.5, 0.6) is 0 Å². The standard InChI is InChI=1S/C11H23NO4/c1-6-12(5)11(15,16)10(14,9(4)13)7-8(2)3/h8,14-16H,6-7H2,1-5H3. The number of carbonyl (C=O) groups is 1. The summed E-state index contributed by atoms with van der Waals surface area (Å²) in [5, 5.41) is 30.1. The molecule has 0 aliphatic carbocycles. The van der Waals surface area contributed by atoms with Gasteiger partial charge in [0.1, 0.15) is 0 Å². The predicted octanol–water partition coefficient (Wildman–Crippen LogP) is -0.0573. The van der Waals surface area contributed by atoms with E-state index < -0.39 is 17.3 Å². The molecule has 1 atom stereocenters. The summed E-state index contributed by atoms with van der Waals surface area (Å²) in [7, 11) is 1.44. The smallest absolute Gasteiger partial charge is 0.262 e. The summed E-state index contributed by atoms with van der Waals surface area (Å²) in [4.78, 5) is 12.6. The number of hydrogen-bond donors (Lipinski definition) is 3. The van der Waals surface area contributed by atoms with Crippen LogP contribution in [-0.4, -0.2) is 51.1 Å². The van der Waals surface area contributed by atoms with Crippen molar-refractivity contribution in [3.05, 3.63) is 0 Å². The summed E-state index contributed by atoms with van der Waals surface area (Å²) < 4.78 is 0. The molecular formula is C11H23NO4. The van der Waals surface area contributed by atoms with Crippen molar-refractivity contribution < 1.29 is 20.1 Å². The number of ketones is 1. The van der Waals surface area contributed by atoms with Gasteiger partial charge in [0, 0.05) is 6.54 Å². The van der Waals surface area contributed by atoms with Crippen LogP contribution in [0, 0.1) is 5.92 Å². The third-order valence-corrected chi connectivity index (χ3v) is 2.85. The number of Topliss-reactive ketones (excluding diaryl/α,β-unsaturated/α-hetero) is 1. The topological polar surface area (TPSA) is 81.0 Å². The van der Waals surface area contributed by atoms with Crippen LogP contribution in [0.2, 0.25) is 0 Å². The molecule has 0 heterocycles. The third kappa shape index (κ3) is 2.79. The monoisotopic (exact) mass is 233 g/mol. The van der Waals surface area contributed by atoms with Crippen LogP contribution >= 0.6 is 0 Å². The van der Waals surface area contributed by atoms with Gasteiger partial charge in [0.05, 0.1) is 0 Å². The molecule has 3 N–H and O–H groups in total. The van der Waals surface area contributed by atoms with E-state index >= 15 is 0 Å². The summed E-state index contributed by atoms with van der Waals surface area (Å²) in [5.74, 6) is -3.22. The highest BCUT2D eigenvalue weighted by molar-refractivity contribution is 5.85. The highest BCUT2D eigenvalue weighted by Crippen LogP contribution is 2.30. The molecule has 0 amide bonds. The van der Waals surface area contributed by atoms with E-state index in [1.54, 1.807) is 20.8 Å². The van der Waals surface area contributed by atoms with Gasteiger partial charge in [-0.05, 0) is 26.3 Å². The van der Waals surface area contributed by atoms with Crippen LogP contribution in [0.3, 0.4) is 0 Å². The van der Waals surface area contributed by atoms with Gasteiger partial charge in [-0.3, -0.25) is 9.69 Å². The first-order valence-corrected chi connectivity index (χ1v) is 5.49. The summed E-state index contributed by atoms with van der Waals surface area (Å²) in [6.07, 6.45) is -0.000324. The molecule has 0 rings (SSSR count). The maximum Gasteiger partial charge on any atom is 0.262 e. The second kappa shape index (κ2) is 5.23. The number of nitrogens with zero attached hydrogens (tertiary/aromatic N) is 1. The number of rotatable bonds is 6. The number of likely N-dealkylation sites (N-methyl/N-ethyl adjacent to an activating group) is 1. The molecule has 0 aromatic heterocycles. The van der Waals surface area contributed by atoms with Crippen LogP contribution in [0.15, 0.2) is 0 Å². The first kappa shape index (κ1) is 15.5. The Bertz CT molecular complexity index is 252. The SMILES string of the molecule is CCN(C)C(O)(O)C(O)(CC(C)C)C(C)=O. The molecule has 0 saturated heterocycles. The van der Waals surface area contributed by atoms with Crippen molar-refractivity contribution in [2.75, 3.05) is 13.6 Å². The molecule has 0 radical (unpaired) electrons. The van der Waals surface area contributed by atoms with Crippen molar-refractivity contribution in [1.82, 2.24) is 4.90 Å². The lowest BCUT2D eigenvalue weighted by Crippen LogP contribution is -2.67. The molecule has 0 aromatic rings. The summed E-state index contributed by atoms with van der Waals surface area (Å²) in [6.45, 7) is 6.77. The Morgan fingerprint density at radius 2 is 1.75 bits per heavy atom. The van der Waals surface area contributed by atoms with Crippen LogP contribution in [0.25, 0.3) is 0 Å². The summed E-state index contributed by atoms with van der Waals surface area (Å²) in [5.41, 5.74) is -2.16. The van der Waals surface area contributed by atoms with Gasteiger partial charge in [0.2, 0.25) is 0 Å². The summed E-state index contributed by atoms with van der Waals surface area (Å²) >= 11 is 0. The van der Waals surface area contributed by atoms with Crippen LogP contribution in [0.4, 0.5) is 0 Å². The van der Waals surface area contributed by atoms with E-state index in [2.05, 4.69) is 0 Å². The zero-order valence-electron chi connectivity index (χ0n) is 10.7. The maximum atomic E-state index is 11.5. The van der Waals surface area contributed by atoms with Crippen molar-refractivity contribution >= 4 is 5.78 Å². The lowest BCUT2D eigenvalue weighted by Gasteiger charge is -2.43. The van der Waals surface area contributed by atoms with E-state index in [1.165, 1.54) is 7.05 Å². The second-order valence-electron chi connectivity index (χ2n) is 4.66. The molecule has 0 aromatic carbocycles. The molecule has 0 fully saturated rings. The fourth-order valence-corrected chi connectivity index (χ4v) is 1.64. The zero-order valence-corrected chi connectivity index (χ0v) is 10.7. The van der Waals surface area contributed by atoms with Gasteiger partial charge in [-0.15, -0.1) is 0 Å². The Morgan fingerprint density at radius 3 is 2.00 bits per heavy atom. The lowest BCUT2D eigenvalue weighted by atomic mass is 9.84. The van der Waals surface area contributed by atoms with Crippen molar-refractivity contribution in [2.45, 2.75) is 45.6 Å². The van der Waals surface area contributed by atoms with E-state index in [1.807, 2.05) is 0 Å². The fraction of sp³-hybridized carbons (Fsp3) is 0.909. The van der Waals surface area contributed by atoms with Gasteiger partial charge < -0.3 is 15.3 Å². The van der Waals surface area contributed by atoms with E-state index in [9.17, 15) is 20.1 Å². The maximum absolute atomic E-state index is 11.5. The summed E-state index contributed by atoms with van der Waals surface area (Å²) in [6, 6.07) is 0. The Kier molecular flexibility index (Phi) is 5.07. The van der Waals surface area contributed by atoms with Gasteiger partial charge in [-0.1, -0.05) is 20.8 Å². The molecule has 0 spiro atoms. The lowest BCUT2D eigenvalue weighted by molar-refractivity contribution is -0.335. The highest BCUT2D eigenvalue weighted by Gasteiger charge is 2.54. The van der Waals surface area contributed by atoms with E-state index in [4.69, 9.17) is 0 Å². The highest BCUT2D eigenvalue weighted by atomic mass is 16.6. The molecule has 1 unspecified atom stereocenters. The molecule has 0 aliphatic heterocycles. The van der Waals surface area contributed by atoms with Gasteiger partial charge >= 0.3 is 0 Å². The van der Waals surface area contributed by atoms with Gasteiger partial charge in [0.25, 0.3) is 5.91 Å². The Morgan fingerprint density at radius 1 is 1.31 bits per heavy atom. The molecular weight excluding hydrogens is 210 g/mol. The van der Waals surface area contributed by atoms with E-state index in [0.717, 1.165) is 11.8 Å². The third-order valence-electron chi connectivity index (χ3n) is 2.85. The van der Waals surface area contributed by atoms with Crippen LogP contribution < -0.4 is 0 Å². The Balaban J connectivity index is 5.25. The number of aliphatic hydroxyl groups is 3. The molecule has 96 valence electrons. The minimum atomic E-state index is -2.54. The average molecular weight is 233 g/mol. The minimum Gasteiger partial charge on any atom is -0.376 e. The molecule has 5 nitrogen and oxygen atoms in total. The van der Waals surface area contributed by atoms with Gasteiger partial charge in [-0.25, -0.2) is 0 Å². The first-order valence-electron chi connectivity index (χ1n) is 5.49. The second-order valence-corrected chi connectivity index (χ2v) is 4.66.